The zero-order chi connectivity index (χ0) is 16.4. The zero-order valence-corrected chi connectivity index (χ0v) is 13.5. The van der Waals surface area contributed by atoms with Crippen LogP contribution in [0.1, 0.15) is 45.5 Å². The lowest BCUT2D eigenvalue weighted by atomic mass is 10.2. The van der Waals surface area contributed by atoms with E-state index in [1.807, 2.05) is 32.9 Å². The van der Waals surface area contributed by atoms with E-state index in [1.165, 1.54) is 0 Å². The number of ether oxygens (including phenoxy) is 1. The van der Waals surface area contributed by atoms with Gasteiger partial charge in [0.05, 0.1) is 0 Å². The van der Waals surface area contributed by atoms with Crippen molar-refractivity contribution in [3.8, 4) is 11.4 Å². The zero-order valence-electron chi connectivity index (χ0n) is 13.5. The van der Waals surface area contributed by atoms with Crippen molar-refractivity contribution >= 4 is 6.09 Å². The quantitative estimate of drug-likeness (QED) is 0.846. The van der Waals surface area contributed by atoms with Crippen molar-refractivity contribution in [2.45, 2.75) is 45.3 Å². The maximum Gasteiger partial charge on any atom is 0.410 e. The van der Waals surface area contributed by atoms with Crippen LogP contribution in [-0.4, -0.2) is 38.3 Å². The van der Waals surface area contributed by atoms with Gasteiger partial charge in [0.2, 0.25) is 11.7 Å². The van der Waals surface area contributed by atoms with Gasteiger partial charge in [0, 0.05) is 24.5 Å². The smallest absolute Gasteiger partial charge is 0.410 e. The molecule has 0 bridgehead atoms. The fourth-order valence-electron chi connectivity index (χ4n) is 2.55. The van der Waals surface area contributed by atoms with Crippen molar-refractivity contribution in [2.75, 3.05) is 6.54 Å². The predicted octanol–water partition coefficient (Wildman–Crippen LogP) is 3.20. The van der Waals surface area contributed by atoms with Gasteiger partial charge < -0.3 is 9.26 Å². The summed E-state index contributed by atoms with van der Waals surface area (Å²) in [5.74, 6) is 0.913. The number of pyridine rings is 1. The summed E-state index contributed by atoms with van der Waals surface area (Å²) in [5.41, 5.74) is 0.254. The Morgan fingerprint density at radius 1 is 1.43 bits per heavy atom. The minimum Gasteiger partial charge on any atom is -0.444 e. The molecule has 1 aliphatic heterocycles. The molecule has 1 fully saturated rings. The van der Waals surface area contributed by atoms with Crippen LogP contribution in [0.25, 0.3) is 11.4 Å². The fraction of sp³-hybridized carbons (Fsp3) is 0.500. The average molecular weight is 316 g/mol. The van der Waals surface area contributed by atoms with Crippen LogP contribution >= 0.6 is 0 Å². The highest BCUT2D eigenvalue weighted by Crippen LogP contribution is 2.33. The van der Waals surface area contributed by atoms with Gasteiger partial charge in [-0.05, 0) is 45.7 Å². The monoisotopic (exact) mass is 316 g/mol. The summed E-state index contributed by atoms with van der Waals surface area (Å²) in [5, 5.41) is 3.99. The van der Waals surface area contributed by atoms with E-state index in [-0.39, 0.29) is 12.1 Å². The number of hydrogen-bond donors (Lipinski definition) is 0. The molecule has 23 heavy (non-hydrogen) atoms. The third-order valence-corrected chi connectivity index (χ3v) is 3.53. The van der Waals surface area contributed by atoms with Gasteiger partial charge in [-0.3, -0.25) is 9.88 Å². The first-order valence-corrected chi connectivity index (χ1v) is 7.68. The number of rotatable bonds is 2. The van der Waals surface area contributed by atoms with Gasteiger partial charge in [-0.25, -0.2) is 4.79 Å². The third-order valence-electron chi connectivity index (χ3n) is 3.53. The summed E-state index contributed by atoms with van der Waals surface area (Å²) in [6.07, 6.45) is 4.68. The van der Waals surface area contributed by atoms with E-state index in [1.54, 1.807) is 17.3 Å². The maximum atomic E-state index is 12.3. The van der Waals surface area contributed by atoms with Gasteiger partial charge >= 0.3 is 6.09 Å². The highest BCUT2D eigenvalue weighted by molar-refractivity contribution is 5.69. The highest BCUT2D eigenvalue weighted by Gasteiger charge is 2.36. The second-order valence-corrected chi connectivity index (χ2v) is 6.53. The SMILES string of the molecule is CC(C)(C)OC(=O)N1CCC[C@H]1c1nc(-c2cccnc2)no1. The Labute approximate surface area is 134 Å². The van der Waals surface area contributed by atoms with Gasteiger partial charge in [-0.15, -0.1) is 0 Å². The van der Waals surface area contributed by atoms with Crippen molar-refractivity contribution in [3.05, 3.63) is 30.4 Å². The summed E-state index contributed by atoms with van der Waals surface area (Å²) in [6.45, 7) is 6.18. The first-order valence-electron chi connectivity index (χ1n) is 7.68. The number of carbonyl (C=O) groups is 1. The Hall–Kier alpha value is -2.44. The highest BCUT2D eigenvalue weighted by atomic mass is 16.6. The van der Waals surface area contributed by atoms with Crippen LogP contribution in [0, 0.1) is 0 Å². The van der Waals surface area contributed by atoms with E-state index in [0.717, 1.165) is 18.4 Å². The molecule has 1 saturated heterocycles. The second kappa shape index (κ2) is 5.98. The summed E-state index contributed by atoms with van der Waals surface area (Å²) >= 11 is 0. The molecular weight excluding hydrogens is 296 g/mol. The molecule has 3 heterocycles. The molecule has 0 spiro atoms. The molecule has 0 unspecified atom stereocenters. The van der Waals surface area contributed by atoms with Crippen LogP contribution < -0.4 is 0 Å². The molecule has 0 saturated carbocycles. The average Bonchev–Trinajstić information content (AvgIpc) is 3.15. The largest absolute Gasteiger partial charge is 0.444 e. The van der Waals surface area contributed by atoms with Crippen LogP contribution in [0.15, 0.2) is 29.0 Å². The van der Waals surface area contributed by atoms with Crippen LogP contribution in [0.5, 0.6) is 0 Å². The number of likely N-dealkylation sites (tertiary alicyclic amines) is 1. The summed E-state index contributed by atoms with van der Waals surface area (Å²) in [4.78, 5) is 22.5. The third kappa shape index (κ3) is 3.49. The molecule has 1 aliphatic rings. The summed E-state index contributed by atoms with van der Waals surface area (Å²) in [6, 6.07) is 3.44. The van der Waals surface area contributed by atoms with Crippen molar-refractivity contribution in [3.63, 3.8) is 0 Å². The molecule has 0 aromatic carbocycles. The molecule has 2 aromatic rings. The van der Waals surface area contributed by atoms with Gasteiger partial charge in [0.15, 0.2) is 0 Å². The number of nitrogens with zero attached hydrogens (tertiary/aromatic N) is 4. The van der Waals surface area contributed by atoms with E-state index < -0.39 is 5.60 Å². The molecule has 0 aliphatic carbocycles. The van der Waals surface area contributed by atoms with Crippen molar-refractivity contribution in [2.24, 2.45) is 0 Å². The normalized spacial score (nSPS) is 18.2. The Morgan fingerprint density at radius 3 is 2.96 bits per heavy atom. The van der Waals surface area contributed by atoms with Gasteiger partial charge in [0.25, 0.3) is 0 Å². The van der Waals surface area contributed by atoms with Crippen LogP contribution in [0.3, 0.4) is 0 Å². The van der Waals surface area contributed by atoms with Gasteiger partial charge in [0.1, 0.15) is 11.6 Å². The molecule has 0 radical (unpaired) electrons. The summed E-state index contributed by atoms with van der Waals surface area (Å²) in [7, 11) is 0. The number of hydrogen-bond acceptors (Lipinski definition) is 6. The maximum absolute atomic E-state index is 12.3. The molecule has 1 amide bonds. The molecule has 122 valence electrons. The number of carbonyl (C=O) groups excluding carboxylic acids is 1. The van der Waals surface area contributed by atoms with Crippen molar-refractivity contribution in [1.29, 1.82) is 0 Å². The van der Waals surface area contributed by atoms with Crippen molar-refractivity contribution < 1.29 is 14.1 Å². The lowest BCUT2D eigenvalue weighted by molar-refractivity contribution is 0.0199. The minimum absolute atomic E-state index is 0.234. The molecule has 0 N–H and O–H groups in total. The molecule has 2 aromatic heterocycles. The Kier molecular flexibility index (Phi) is 4.02. The molecule has 7 heteroatoms. The first-order chi connectivity index (χ1) is 10.9. The van der Waals surface area contributed by atoms with E-state index in [4.69, 9.17) is 9.26 Å². The standard InChI is InChI=1S/C16H20N4O3/c1-16(2,3)22-15(21)20-9-5-7-12(20)14-18-13(19-23-14)11-6-4-8-17-10-11/h4,6,8,10,12H,5,7,9H2,1-3H3/t12-/m0/s1. The Morgan fingerprint density at radius 2 is 2.26 bits per heavy atom. The molecule has 3 rings (SSSR count). The van der Waals surface area contributed by atoms with E-state index in [9.17, 15) is 4.79 Å². The van der Waals surface area contributed by atoms with Gasteiger partial charge in [-0.1, -0.05) is 5.16 Å². The summed E-state index contributed by atoms with van der Waals surface area (Å²) < 4.78 is 10.8. The number of amides is 1. The molecule has 1 atom stereocenters. The van der Waals surface area contributed by atoms with E-state index in [2.05, 4.69) is 15.1 Å². The fourth-order valence-corrected chi connectivity index (χ4v) is 2.55. The van der Waals surface area contributed by atoms with Crippen LogP contribution in [-0.2, 0) is 4.74 Å². The van der Waals surface area contributed by atoms with Crippen molar-refractivity contribution in [1.82, 2.24) is 20.0 Å². The Balaban J connectivity index is 1.78. The molecular formula is C16H20N4O3. The lowest BCUT2D eigenvalue weighted by Crippen LogP contribution is -2.36. The first kappa shape index (κ1) is 15.5. The second-order valence-electron chi connectivity index (χ2n) is 6.53. The van der Waals surface area contributed by atoms with Crippen LogP contribution in [0.4, 0.5) is 4.79 Å². The van der Waals surface area contributed by atoms with Crippen LogP contribution in [0.2, 0.25) is 0 Å². The van der Waals surface area contributed by atoms with E-state index in [0.29, 0.717) is 18.3 Å². The van der Waals surface area contributed by atoms with Gasteiger partial charge in [-0.2, -0.15) is 4.98 Å². The number of aromatic nitrogens is 3. The minimum atomic E-state index is -0.528. The molecule has 7 nitrogen and oxygen atoms in total. The Bertz CT molecular complexity index is 678. The van der Waals surface area contributed by atoms with E-state index >= 15 is 0 Å². The lowest BCUT2D eigenvalue weighted by Gasteiger charge is -2.26. The predicted molar refractivity (Wildman–Crippen MR) is 82.4 cm³/mol. The topological polar surface area (TPSA) is 81.4 Å².